The lowest BCUT2D eigenvalue weighted by molar-refractivity contribution is -0.124. The van der Waals surface area contributed by atoms with Crippen molar-refractivity contribution >= 4 is 62.7 Å². The number of Topliss-reactive ketones (excluding diaryl/α,β-unsaturated/α-hetero) is 2. The molecule has 0 amide bonds. The smallest absolute Gasteiger partial charge is 0.199 e. The number of aromatic amines is 1. The fourth-order valence-corrected chi connectivity index (χ4v) is 4.70. The number of nitrogens with two attached hydrogens (primary N) is 2. The van der Waals surface area contributed by atoms with Crippen LogP contribution in [0.3, 0.4) is 0 Å². The van der Waals surface area contributed by atoms with Gasteiger partial charge in [0.15, 0.2) is 20.2 Å². The van der Waals surface area contributed by atoms with Gasteiger partial charge in [-0.15, -0.1) is 0 Å². The van der Waals surface area contributed by atoms with Crippen molar-refractivity contribution in [3.63, 3.8) is 0 Å². The lowest BCUT2D eigenvalue weighted by atomic mass is 10.2. The first-order valence-electron chi connectivity index (χ1n) is 11.1. The Morgan fingerprint density at radius 3 is 1.29 bits per heavy atom. The monoisotopic (exact) mass is 594 g/mol. The summed E-state index contributed by atoms with van der Waals surface area (Å²) < 4.78 is 0.563. The van der Waals surface area contributed by atoms with Gasteiger partial charge in [-0.3, -0.25) is 9.59 Å². The first kappa shape index (κ1) is 35.2. The summed E-state index contributed by atoms with van der Waals surface area (Å²) in [5.74, 6) is -0.125. The summed E-state index contributed by atoms with van der Waals surface area (Å²) in [5.41, 5.74) is 15.2. The number of aryl methyl sites for hydroxylation is 6. The Labute approximate surface area is 242 Å². The molecule has 0 bridgehead atoms. The molecular weight excluding hydrogens is 561 g/mol. The lowest BCUT2D eigenvalue weighted by Gasteiger charge is -2.03. The van der Waals surface area contributed by atoms with Crippen LogP contribution in [0.25, 0.3) is 0 Å². The Morgan fingerprint density at radius 1 is 0.737 bits per heavy atom. The van der Waals surface area contributed by atoms with Crippen LogP contribution in [-0.4, -0.2) is 46.6 Å². The van der Waals surface area contributed by atoms with E-state index in [1.165, 1.54) is 35.4 Å². The third-order valence-electron chi connectivity index (χ3n) is 3.62. The number of aromatic nitrogens is 6. The van der Waals surface area contributed by atoms with Crippen LogP contribution >= 0.6 is 46.0 Å². The van der Waals surface area contributed by atoms with Crippen molar-refractivity contribution in [1.29, 1.82) is 0 Å². The number of thiocarbonyl (C=S) groups is 1. The molecule has 0 saturated carbocycles. The molecule has 0 fully saturated rings. The van der Waals surface area contributed by atoms with Crippen molar-refractivity contribution in [2.24, 2.45) is 11.5 Å². The van der Waals surface area contributed by atoms with E-state index in [9.17, 15) is 9.59 Å². The molecule has 206 valence electrons. The van der Waals surface area contributed by atoms with Crippen LogP contribution in [0.2, 0.25) is 0 Å². The average molecular weight is 595 g/mol. The molecule has 3 heterocycles. The molecule has 5 N–H and O–H groups in total. The molecule has 0 aliphatic rings. The zero-order valence-corrected chi connectivity index (χ0v) is 26.0. The molecule has 14 heteroatoms. The summed E-state index contributed by atoms with van der Waals surface area (Å²) in [6.45, 7) is 14.6. The van der Waals surface area contributed by atoms with E-state index in [-0.39, 0.29) is 23.1 Å². The van der Waals surface area contributed by atoms with Crippen molar-refractivity contribution in [2.45, 2.75) is 72.1 Å². The van der Waals surface area contributed by atoms with Crippen LogP contribution in [0, 0.1) is 46.3 Å². The standard InChI is InChI=1S/C12H14N4S2.C6H8N2S.C5H8O2.CH4N2S/c1-7-5-8(2)14-11(13-7)17-18-12-15-9(3)6-10(4)16-12;1-4-3-5(2)8-6(9)7-4;1-4(6)3-5(2)7;2-1(3)4/h5-6H,1-4H3;3H,1-2H3,(H,7,8,9);3H2,1-2H3;(H4,2,3,4). The van der Waals surface area contributed by atoms with Crippen LogP contribution in [-0.2, 0) is 9.59 Å². The molecule has 0 radical (unpaired) electrons. The van der Waals surface area contributed by atoms with E-state index in [0.717, 1.165) is 44.5 Å². The number of hydrogen-bond acceptors (Lipinski definition) is 11. The molecule has 0 aliphatic heterocycles. The fourth-order valence-electron chi connectivity index (χ4n) is 2.63. The highest BCUT2D eigenvalue weighted by molar-refractivity contribution is 8.76. The SMILES string of the molecule is CC(=O)CC(C)=O.Cc1cc(C)[nH]c(=S)n1.Cc1cc(C)nc(SSc2nc(C)cc(C)n2)n1.NC(N)=S. The number of rotatable bonds is 5. The number of nitrogens with one attached hydrogen (secondary N) is 1. The van der Waals surface area contributed by atoms with Gasteiger partial charge in [-0.05, 0) is 120 Å². The van der Waals surface area contributed by atoms with E-state index in [1.54, 1.807) is 0 Å². The van der Waals surface area contributed by atoms with Gasteiger partial charge in [0, 0.05) is 34.2 Å². The summed E-state index contributed by atoms with van der Waals surface area (Å²) in [7, 11) is 2.98. The van der Waals surface area contributed by atoms with E-state index < -0.39 is 0 Å². The van der Waals surface area contributed by atoms with Crippen LogP contribution in [0.5, 0.6) is 0 Å². The van der Waals surface area contributed by atoms with E-state index in [2.05, 4.69) is 53.6 Å². The number of hydrogen-bond donors (Lipinski definition) is 3. The zero-order valence-electron chi connectivity index (χ0n) is 22.8. The van der Waals surface area contributed by atoms with Crippen molar-refractivity contribution in [3.8, 4) is 0 Å². The zero-order chi connectivity index (χ0) is 29.4. The molecule has 0 unspecified atom stereocenters. The van der Waals surface area contributed by atoms with Crippen LogP contribution in [0.4, 0.5) is 0 Å². The summed E-state index contributed by atoms with van der Waals surface area (Å²) in [4.78, 5) is 44.5. The van der Waals surface area contributed by atoms with Crippen molar-refractivity contribution in [2.75, 3.05) is 0 Å². The maximum Gasteiger partial charge on any atom is 0.199 e. The molecule has 0 spiro atoms. The lowest BCUT2D eigenvalue weighted by Crippen LogP contribution is -2.18. The molecule has 3 aromatic rings. The van der Waals surface area contributed by atoms with Gasteiger partial charge >= 0.3 is 0 Å². The molecule has 10 nitrogen and oxygen atoms in total. The van der Waals surface area contributed by atoms with Gasteiger partial charge in [-0.25, -0.2) is 24.9 Å². The number of nitrogens with zero attached hydrogens (tertiary/aromatic N) is 5. The first-order valence-corrected chi connectivity index (χ1v) is 14.1. The molecule has 3 aromatic heterocycles. The average Bonchev–Trinajstić information content (AvgIpc) is 2.69. The number of ketones is 2. The largest absolute Gasteiger partial charge is 0.377 e. The predicted molar refractivity (Wildman–Crippen MR) is 161 cm³/mol. The fraction of sp³-hybridized carbons (Fsp3) is 0.375. The minimum absolute atomic E-state index is 0.000000000000000222. The van der Waals surface area contributed by atoms with Gasteiger partial charge in [0.2, 0.25) is 0 Å². The summed E-state index contributed by atoms with van der Waals surface area (Å²) >= 11 is 8.91. The summed E-state index contributed by atoms with van der Waals surface area (Å²) in [5, 5.41) is 1.50. The highest BCUT2D eigenvalue weighted by atomic mass is 33.1. The Hall–Kier alpha value is -2.81. The van der Waals surface area contributed by atoms with Crippen LogP contribution in [0.15, 0.2) is 28.5 Å². The highest BCUT2D eigenvalue weighted by Gasteiger charge is 2.05. The Morgan fingerprint density at radius 2 is 1.05 bits per heavy atom. The van der Waals surface area contributed by atoms with E-state index >= 15 is 0 Å². The number of carbonyl (C=O) groups is 2. The van der Waals surface area contributed by atoms with Crippen molar-refractivity contribution < 1.29 is 9.59 Å². The Balaban J connectivity index is 0.000000571. The van der Waals surface area contributed by atoms with Crippen LogP contribution in [0.1, 0.15) is 54.4 Å². The maximum atomic E-state index is 10.0. The van der Waals surface area contributed by atoms with Crippen LogP contribution < -0.4 is 11.5 Å². The third kappa shape index (κ3) is 19.3. The minimum Gasteiger partial charge on any atom is -0.377 e. The van der Waals surface area contributed by atoms with Gasteiger partial charge in [0.05, 0.1) is 6.42 Å². The highest BCUT2D eigenvalue weighted by Crippen LogP contribution is 2.33. The second-order valence-corrected chi connectivity index (χ2v) is 10.9. The first-order chi connectivity index (χ1) is 17.6. The quantitative estimate of drug-likeness (QED) is 0.160. The van der Waals surface area contributed by atoms with Gasteiger partial charge in [-0.1, -0.05) is 0 Å². The molecular formula is C24H34N8O2S4. The summed E-state index contributed by atoms with van der Waals surface area (Å²) in [6, 6.07) is 5.87. The van der Waals surface area contributed by atoms with Crippen molar-refractivity contribution in [3.05, 3.63) is 57.1 Å². The molecule has 0 aliphatic carbocycles. The summed E-state index contributed by atoms with van der Waals surface area (Å²) in [6.07, 6.45) is 0.0833. The molecule has 0 saturated heterocycles. The minimum atomic E-state index is -0.0625. The Bertz CT molecular complexity index is 1170. The second-order valence-electron chi connectivity index (χ2n) is 8.03. The third-order valence-corrected chi connectivity index (χ3v) is 5.70. The van der Waals surface area contributed by atoms with Crippen molar-refractivity contribution in [1.82, 2.24) is 29.9 Å². The van der Waals surface area contributed by atoms with E-state index in [4.69, 9.17) is 12.2 Å². The second kappa shape index (κ2) is 18.4. The van der Waals surface area contributed by atoms with Gasteiger partial charge in [0.25, 0.3) is 0 Å². The molecule has 0 atom stereocenters. The molecule has 0 aromatic carbocycles. The van der Waals surface area contributed by atoms with E-state index in [0.29, 0.717) is 4.77 Å². The van der Waals surface area contributed by atoms with Gasteiger partial charge in [-0.2, -0.15) is 0 Å². The Kier molecular flexibility index (Phi) is 17.1. The van der Waals surface area contributed by atoms with E-state index in [1.807, 2.05) is 59.7 Å². The molecule has 38 heavy (non-hydrogen) atoms. The number of H-pyrrole nitrogens is 1. The predicted octanol–water partition coefficient (Wildman–Crippen LogP) is 4.80. The topological polar surface area (TPSA) is 166 Å². The van der Waals surface area contributed by atoms with Gasteiger partial charge in [0.1, 0.15) is 11.6 Å². The number of carbonyl (C=O) groups excluding carboxylic acids is 2. The molecule has 3 rings (SSSR count). The maximum absolute atomic E-state index is 10.0. The normalized spacial score (nSPS) is 9.47. The van der Waals surface area contributed by atoms with Gasteiger partial charge < -0.3 is 16.5 Å².